The third kappa shape index (κ3) is 8.38. The topological polar surface area (TPSA) is 168 Å². The lowest BCUT2D eigenvalue weighted by Crippen LogP contribution is -2.07. The second kappa shape index (κ2) is 14.1. The number of hydrogen-bond donors (Lipinski definition) is 5. The average Bonchev–Trinajstić information content (AvgIpc) is 3.00. The van der Waals surface area contributed by atoms with E-state index in [4.69, 9.17) is 9.59 Å². The normalized spacial score (nSPS) is 11.4. The molecule has 5 N–H and O–H groups in total. The summed E-state index contributed by atoms with van der Waals surface area (Å²) in [6, 6.07) is 28.8. The quantitative estimate of drug-likeness (QED) is 0.0307. The maximum absolute atomic E-state index is 11.9. The van der Waals surface area contributed by atoms with Crippen molar-refractivity contribution in [2.75, 3.05) is 16.0 Å². The van der Waals surface area contributed by atoms with Gasteiger partial charge in [-0.1, -0.05) is 71.8 Å². The Hall–Kier alpha value is -4.83. The summed E-state index contributed by atoms with van der Waals surface area (Å²) in [5.74, 6) is 0.824. The fourth-order valence-electron chi connectivity index (χ4n) is 4.03. The Kier molecular flexibility index (Phi) is 9.81. The lowest BCUT2D eigenvalue weighted by molar-refractivity contribution is -0.432. The number of nitrogens with zero attached hydrogens (tertiary/aromatic N) is 3. The molecule has 0 atom stereocenters. The third-order valence-electron chi connectivity index (χ3n) is 6.01. The molecule has 0 radical (unpaired) electrons. The molecule has 12 nitrogen and oxygen atoms in total. The van der Waals surface area contributed by atoms with Gasteiger partial charge in [0.15, 0.2) is 0 Å². The van der Waals surface area contributed by atoms with E-state index in [1.807, 2.05) is 60.7 Å². The molecular weight excluding hydrogens is 605 g/mol. The van der Waals surface area contributed by atoms with E-state index in [1.165, 1.54) is 6.07 Å². The van der Waals surface area contributed by atoms with Crippen LogP contribution in [0.2, 0.25) is 0 Å². The van der Waals surface area contributed by atoms with Gasteiger partial charge in [0.05, 0.1) is 12.0 Å². The van der Waals surface area contributed by atoms with Gasteiger partial charge in [0.25, 0.3) is 10.1 Å². The zero-order valence-electron chi connectivity index (χ0n) is 23.1. The maximum atomic E-state index is 11.9. The van der Waals surface area contributed by atoms with E-state index in [2.05, 4.69) is 35.9 Å². The highest BCUT2D eigenvalue weighted by molar-refractivity contribution is 7.94. The minimum absolute atomic E-state index is 0.217. The summed E-state index contributed by atoms with van der Waals surface area (Å²) in [6.07, 6.45) is 3.18. The number of aryl methyl sites for hydroxylation is 1. The first-order valence-corrected chi connectivity index (χ1v) is 15.2. The Morgan fingerprint density at radius 1 is 0.705 bits per heavy atom. The monoisotopic (exact) mass is 630 g/mol. The second-order valence-electron chi connectivity index (χ2n) is 9.24. The number of para-hydroxylation sites is 2. The van der Waals surface area contributed by atoms with Crippen LogP contribution in [0.4, 0.5) is 34.9 Å². The molecule has 5 rings (SSSR count). The van der Waals surface area contributed by atoms with Crippen LogP contribution in [0.15, 0.2) is 107 Å². The van der Waals surface area contributed by atoms with Crippen molar-refractivity contribution in [1.82, 2.24) is 15.0 Å². The molecule has 0 bridgehead atoms. The lowest BCUT2D eigenvalue weighted by Gasteiger charge is -2.13. The molecule has 14 heteroatoms. The van der Waals surface area contributed by atoms with Gasteiger partial charge in [0.1, 0.15) is 4.90 Å². The first-order chi connectivity index (χ1) is 21.3. The third-order valence-corrected chi connectivity index (χ3v) is 7.58. The fourth-order valence-corrected chi connectivity index (χ4v) is 5.31. The van der Waals surface area contributed by atoms with E-state index < -0.39 is 10.1 Å². The van der Waals surface area contributed by atoms with Crippen LogP contribution in [-0.2, 0) is 19.5 Å². The average molecular weight is 631 g/mol. The number of aromatic nitrogens is 3. The van der Waals surface area contributed by atoms with Crippen LogP contribution in [0.3, 0.4) is 0 Å². The molecule has 0 saturated heterocycles. The van der Waals surface area contributed by atoms with Crippen molar-refractivity contribution in [2.45, 2.75) is 16.7 Å². The Balaban J connectivity index is 1.45. The molecule has 4 aromatic carbocycles. The zero-order chi connectivity index (χ0) is 30.9. The van der Waals surface area contributed by atoms with Gasteiger partial charge in [-0.2, -0.15) is 23.4 Å². The molecule has 0 spiro atoms. The van der Waals surface area contributed by atoms with Crippen molar-refractivity contribution in [2.24, 2.45) is 0 Å². The van der Waals surface area contributed by atoms with Gasteiger partial charge in [-0.25, -0.2) is 5.26 Å². The van der Waals surface area contributed by atoms with Crippen LogP contribution in [0, 0.1) is 6.92 Å². The van der Waals surface area contributed by atoms with Crippen LogP contribution < -0.4 is 16.0 Å². The molecule has 224 valence electrons. The van der Waals surface area contributed by atoms with E-state index in [-0.39, 0.29) is 16.4 Å². The van der Waals surface area contributed by atoms with Gasteiger partial charge in [-0.15, -0.1) is 4.33 Å². The van der Waals surface area contributed by atoms with Gasteiger partial charge < -0.3 is 16.0 Å². The Bertz CT molecular complexity index is 1820. The molecule has 0 aliphatic rings. The fraction of sp³-hybridized carbons (Fsp3) is 0.0333. The molecular formula is C30H26N6O6S2. The van der Waals surface area contributed by atoms with Crippen molar-refractivity contribution < 1.29 is 27.6 Å². The molecule has 0 aliphatic carbocycles. The summed E-state index contributed by atoms with van der Waals surface area (Å²) in [4.78, 5) is 13.8. The van der Waals surface area contributed by atoms with Gasteiger partial charge >= 0.3 is 0 Å². The van der Waals surface area contributed by atoms with Crippen molar-refractivity contribution in [3.63, 3.8) is 0 Å². The second-order valence-corrected chi connectivity index (χ2v) is 11.4. The summed E-state index contributed by atoms with van der Waals surface area (Å²) < 4.78 is 38.2. The summed E-state index contributed by atoms with van der Waals surface area (Å²) in [5.41, 5.74) is 3.69. The minimum atomic E-state index is -4.45. The Morgan fingerprint density at radius 3 is 1.77 bits per heavy atom. The van der Waals surface area contributed by atoms with E-state index >= 15 is 0 Å². The van der Waals surface area contributed by atoms with Crippen LogP contribution >= 0.6 is 12.0 Å². The molecule has 5 aromatic rings. The maximum Gasteiger partial charge on any atom is 0.295 e. The van der Waals surface area contributed by atoms with Gasteiger partial charge in [-0.05, 0) is 66.1 Å². The summed E-state index contributed by atoms with van der Waals surface area (Å²) in [6.45, 7) is 1.72. The van der Waals surface area contributed by atoms with E-state index in [0.717, 1.165) is 23.4 Å². The van der Waals surface area contributed by atoms with Crippen molar-refractivity contribution in [3.05, 3.63) is 114 Å². The van der Waals surface area contributed by atoms with Crippen molar-refractivity contribution in [3.8, 4) is 0 Å². The van der Waals surface area contributed by atoms with Gasteiger partial charge in [-0.3, -0.25) is 4.55 Å². The van der Waals surface area contributed by atoms with E-state index in [1.54, 1.807) is 49.4 Å². The number of benzene rings is 4. The molecule has 0 fully saturated rings. The number of rotatable bonds is 12. The first-order valence-electron chi connectivity index (χ1n) is 13.0. The molecule has 0 saturated carbocycles. The number of hydrogen-bond acceptors (Lipinski definition) is 12. The largest absolute Gasteiger partial charge is 0.324 e. The van der Waals surface area contributed by atoms with Crippen LogP contribution in [0.1, 0.15) is 16.7 Å². The van der Waals surface area contributed by atoms with Crippen molar-refractivity contribution >= 4 is 69.2 Å². The van der Waals surface area contributed by atoms with Gasteiger partial charge in [0.2, 0.25) is 17.8 Å². The first kappa shape index (κ1) is 30.6. The molecule has 1 heterocycles. The van der Waals surface area contributed by atoms with Crippen LogP contribution in [0.5, 0.6) is 0 Å². The highest BCUT2D eigenvalue weighted by Gasteiger charge is 2.15. The van der Waals surface area contributed by atoms with Crippen LogP contribution in [-0.4, -0.2) is 33.2 Å². The smallest absolute Gasteiger partial charge is 0.295 e. The van der Waals surface area contributed by atoms with Crippen molar-refractivity contribution in [1.29, 1.82) is 0 Å². The molecule has 44 heavy (non-hydrogen) atoms. The lowest BCUT2D eigenvalue weighted by atomic mass is 10.1. The summed E-state index contributed by atoms with van der Waals surface area (Å²) in [7, 11) is -4.45. The highest BCUT2D eigenvalue weighted by Crippen LogP contribution is 2.31. The highest BCUT2D eigenvalue weighted by atomic mass is 32.2. The standard InChI is InChI=1S/C30H26N6O6S2/c1-20-12-13-22(27(18-20)44(38,39)40)15-14-21-16-17-25(19-26(21)43-42-41-37)33-30-35-28(31-23-8-4-2-5-9-23)34-29(36-30)32-24-10-6-3-7-11-24/h2-19,37H,1H3,(H,38,39,40)(H3,31,32,33,34,35,36)/b15-14+. The van der Waals surface area contributed by atoms with Gasteiger partial charge in [0, 0.05) is 22.0 Å². The van der Waals surface area contributed by atoms with E-state index in [0.29, 0.717) is 33.6 Å². The minimum Gasteiger partial charge on any atom is -0.324 e. The molecule has 0 unspecified atom stereocenters. The van der Waals surface area contributed by atoms with E-state index in [9.17, 15) is 13.0 Å². The number of anilines is 6. The number of nitrogens with one attached hydrogen (secondary N) is 3. The molecule has 0 aliphatic heterocycles. The Morgan fingerprint density at radius 2 is 1.23 bits per heavy atom. The summed E-state index contributed by atoms with van der Waals surface area (Å²) >= 11 is 0.720. The predicted octanol–water partition coefficient (Wildman–Crippen LogP) is 7.26. The molecule has 1 aromatic heterocycles. The summed E-state index contributed by atoms with van der Waals surface area (Å²) in [5, 5.41) is 22.1. The van der Waals surface area contributed by atoms with Crippen LogP contribution in [0.25, 0.3) is 12.2 Å². The Labute approximate surface area is 257 Å². The SMILES string of the molecule is Cc1ccc(/C=C/c2ccc(Nc3nc(Nc4ccccc4)nc(Nc4ccccc4)n3)cc2SOOO)c(S(=O)(=O)O)c1. The predicted molar refractivity (Wildman–Crippen MR) is 170 cm³/mol. The molecule has 0 amide bonds. The zero-order valence-corrected chi connectivity index (χ0v) is 24.7.